The SMILES string of the molecule is CCCC(F)(C(F)(F)C(F)(F)C(F)(F)C(F)(F)C(F)(F)C(F)(F)C(F)(F)F)S(N)(=O)=O. The zero-order valence-electron chi connectivity index (χ0n) is 14.3. The first-order valence-electron chi connectivity index (χ1n) is 7.11. The van der Waals surface area contributed by atoms with E-state index in [2.05, 4.69) is 5.14 Å². The molecule has 0 aliphatic heterocycles. The highest BCUT2D eigenvalue weighted by Gasteiger charge is 2.95. The quantitative estimate of drug-likeness (QED) is 0.427. The number of nitrogens with two attached hydrogens (primary N) is 1. The summed E-state index contributed by atoms with van der Waals surface area (Å²) >= 11 is 0. The van der Waals surface area contributed by atoms with E-state index in [-0.39, 0.29) is 0 Å². The molecule has 2 N–H and O–H groups in total. The van der Waals surface area contributed by atoms with Crippen molar-refractivity contribution < 1.29 is 78.7 Å². The predicted molar refractivity (Wildman–Crippen MR) is 67.6 cm³/mol. The van der Waals surface area contributed by atoms with E-state index in [9.17, 15) is 78.7 Å². The zero-order valence-corrected chi connectivity index (χ0v) is 15.1. The lowest BCUT2D eigenvalue weighted by atomic mass is 9.88. The third kappa shape index (κ3) is 3.69. The molecule has 1 unspecified atom stereocenters. The van der Waals surface area contributed by atoms with Gasteiger partial charge in [0.1, 0.15) is 0 Å². The maximum atomic E-state index is 14.2. The average Bonchev–Trinajstić information content (AvgIpc) is 2.51. The summed E-state index contributed by atoms with van der Waals surface area (Å²) in [6.07, 6.45) is -11.5. The van der Waals surface area contributed by atoms with E-state index in [1.54, 1.807) is 0 Å². The van der Waals surface area contributed by atoms with Crippen molar-refractivity contribution in [2.24, 2.45) is 5.14 Å². The van der Waals surface area contributed by atoms with Crippen LogP contribution >= 0.6 is 0 Å². The van der Waals surface area contributed by atoms with Crippen molar-refractivity contribution in [3.05, 3.63) is 0 Å². The van der Waals surface area contributed by atoms with Gasteiger partial charge >= 0.3 is 41.7 Å². The Hall–Kier alpha value is -1.21. The Labute approximate surface area is 161 Å². The van der Waals surface area contributed by atoms with Gasteiger partial charge in [-0.3, -0.25) is 0 Å². The van der Waals surface area contributed by atoms with Gasteiger partial charge in [0.2, 0.25) is 0 Å². The van der Waals surface area contributed by atoms with Crippen LogP contribution < -0.4 is 5.14 Å². The highest BCUT2D eigenvalue weighted by atomic mass is 32.2. The lowest BCUT2D eigenvalue weighted by Gasteiger charge is -2.43. The fourth-order valence-corrected chi connectivity index (χ4v) is 2.97. The molecule has 0 rings (SSSR count). The second-order valence-electron chi connectivity index (χ2n) is 5.97. The number of sulfonamides is 1. The largest absolute Gasteiger partial charge is 0.460 e. The lowest BCUT2D eigenvalue weighted by Crippen LogP contribution is -2.75. The van der Waals surface area contributed by atoms with Gasteiger partial charge in [-0.2, -0.15) is 65.9 Å². The summed E-state index contributed by atoms with van der Waals surface area (Å²) < 4.78 is 232. The van der Waals surface area contributed by atoms with E-state index < -0.39 is 69.6 Å². The number of hydrogen-bond donors (Lipinski definition) is 1. The molecule has 0 spiro atoms. The van der Waals surface area contributed by atoms with E-state index in [1.165, 1.54) is 0 Å². The molecule has 0 heterocycles. The summed E-state index contributed by atoms with van der Waals surface area (Å²) in [5.74, 6) is -49.9. The fraction of sp³-hybridized carbons (Fsp3) is 1.00. The van der Waals surface area contributed by atoms with Gasteiger partial charge in [0.25, 0.3) is 15.0 Å². The van der Waals surface area contributed by atoms with E-state index in [0.29, 0.717) is 6.92 Å². The second-order valence-corrected chi connectivity index (χ2v) is 7.70. The average molecular weight is 523 g/mol. The first-order chi connectivity index (χ1) is 13.1. The Kier molecular flexibility index (Phi) is 7.12. The first kappa shape index (κ1) is 29.8. The van der Waals surface area contributed by atoms with Crippen LogP contribution in [0.4, 0.5) is 70.2 Å². The number of alkyl halides is 16. The predicted octanol–water partition coefficient (Wildman–Crippen LogP) is 5.11. The van der Waals surface area contributed by atoms with Crippen LogP contribution in [0.15, 0.2) is 0 Å². The second kappa shape index (κ2) is 7.41. The van der Waals surface area contributed by atoms with Gasteiger partial charge in [-0.1, -0.05) is 13.3 Å². The van der Waals surface area contributed by atoms with Gasteiger partial charge in [0.15, 0.2) is 0 Å². The van der Waals surface area contributed by atoms with E-state index in [1.807, 2.05) is 0 Å². The molecule has 0 fully saturated rings. The van der Waals surface area contributed by atoms with Crippen LogP contribution in [0.3, 0.4) is 0 Å². The van der Waals surface area contributed by atoms with Gasteiger partial charge in [0, 0.05) is 6.42 Å². The summed E-state index contributed by atoms with van der Waals surface area (Å²) in [5, 5.41) is -2.19. The Bertz CT molecular complexity index is 773. The number of halogens is 16. The normalized spacial score (nSPS) is 18.1. The highest BCUT2D eigenvalue weighted by Crippen LogP contribution is 2.64. The van der Waals surface area contributed by atoms with Gasteiger partial charge in [-0.25, -0.2) is 17.9 Å². The molecule has 0 aliphatic rings. The maximum absolute atomic E-state index is 14.2. The van der Waals surface area contributed by atoms with Crippen LogP contribution in [0.1, 0.15) is 19.8 Å². The van der Waals surface area contributed by atoms with Gasteiger partial charge in [0.05, 0.1) is 0 Å². The summed E-state index contributed by atoms with van der Waals surface area (Å²) in [7, 11) is -6.75. The van der Waals surface area contributed by atoms with Gasteiger partial charge < -0.3 is 0 Å². The molecule has 0 aromatic heterocycles. The summed E-state index contributed by atoms with van der Waals surface area (Å²) in [6.45, 7) is 0.540. The summed E-state index contributed by atoms with van der Waals surface area (Å²) in [6, 6.07) is 0. The molecular formula is C11H9F16NO2S. The van der Waals surface area contributed by atoms with E-state index in [4.69, 9.17) is 0 Å². The van der Waals surface area contributed by atoms with Crippen LogP contribution in [0.5, 0.6) is 0 Å². The van der Waals surface area contributed by atoms with Crippen molar-refractivity contribution in [1.82, 2.24) is 0 Å². The molecule has 0 amide bonds. The molecule has 1 atom stereocenters. The van der Waals surface area contributed by atoms with Crippen LogP contribution in [-0.2, 0) is 10.0 Å². The Morgan fingerprint density at radius 2 is 0.806 bits per heavy atom. The molecule has 20 heteroatoms. The molecule has 0 aliphatic carbocycles. The minimum Gasteiger partial charge on any atom is -0.226 e. The monoisotopic (exact) mass is 523 g/mol. The van der Waals surface area contributed by atoms with E-state index >= 15 is 0 Å². The van der Waals surface area contributed by atoms with Crippen molar-refractivity contribution in [2.45, 2.75) is 66.5 Å². The maximum Gasteiger partial charge on any atom is 0.460 e. The molecule has 0 aromatic carbocycles. The van der Waals surface area contributed by atoms with Crippen LogP contribution in [-0.4, -0.2) is 55.1 Å². The number of primary sulfonamides is 1. The summed E-state index contributed by atoms with van der Waals surface area (Å²) in [4.78, 5) is 0. The molecule has 0 bridgehead atoms. The van der Waals surface area contributed by atoms with Crippen molar-refractivity contribution in [3.8, 4) is 0 Å². The third-order valence-electron chi connectivity index (χ3n) is 3.82. The minimum atomic E-state index is -8.66. The minimum absolute atomic E-state index is 0.540. The molecule has 0 saturated carbocycles. The molecule has 31 heavy (non-hydrogen) atoms. The molecular weight excluding hydrogens is 514 g/mol. The molecule has 0 radical (unpaired) electrons. The number of hydrogen-bond acceptors (Lipinski definition) is 2. The van der Waals surface area contributed by atoms with E-state index in [0.717, 1.165) is 0 Å². The number of rotatable bonds is 9. The molecule has 3 nitrogen and oxygen atoms in total. The van der Waals surface area contributed by atoms with Crippen LogP contribution in [0, 0.1) is 0 Å². The standard InChI is InChI=1S/C11H9F16NO2S/c1-2-3-4(12,31(28,29)30)5(13,14)6(15,16)7(17,18)8(19,20)9(21,22)10(23,24)11(25,26)27/h2-3H2,1H3,(H2,28,29,30). The first-order valence-corrected chi connectivity index (χ1v) is 8.65. The summed E-state index contributed by atoms with van der Waals surface area (Å²) in [5.41, 5.74) is 0. The van der Waals surface area contributed by atoms with Crippen molar-refractivity contribution in [3.63, 3.8) is 0 Å². The van der Waals surface area contributed by atoms with Crippen molar-refractivity contribution >= 4 is 10.0 Å². The lowest BCUT2D eigenvalue weighted by molar-refractivity contribution is -0.455. The van der Waals surface area contributed by atoms with Crippen molar-refractivity contribution in [2.75, 3.05) is 0 Å². The van der Waals surface area contributed by atoms with Crippen molar-refractivity contribution in [1.29, 1.82) is 0 Å². The van der Waals surface area contributed by atoms with Crippen LogP contribution in [0.25, 0.3) is 0 Å². The smallest absolute Gasteiger partial charge is 0.226 e. The molecule has 0 aromatic rings. The van der Waals surface area contributed by atoms with Gasteiger partial charge in [-0.05, 0) is 0 Å². The van der Waals surface area contributed by atoms with Gasteiger partial charge in [-0.15, -0.1) is 0 Å². The molecule has 0 saturated heterocycles. The molecule has 188 valence electrons. The van der Waals surface area contributed by atoms with Crippen LogP contribution in [0.2, 0.25) is 0 Å². The highest BCUT2D eigenvalue weighted by molar-refractivity contribution is 7.90. The third-order valence-corrected chi connectivity index (χ3v) is 5.18. The fourth-order valence-electron chi connectivity index (χ4n) is 2.00. The topological polar surface area (TPSA) is 60.2 Å². The Morgan fingerprint density at radius 1 is 0.548 bits per heavy atom. The Morgan fingerprint density at radius 3 is 1.03 bits per heavy atom. The Balaban J connectivity index is 7.04. The zero-order chi connectivity index (χ0) is 25.9.